The molecule has 1 fully saturated rings. The Bertz CT molecular complexity index is 129. The molecule has 0 aromatic rings. The largest absolute Gasteiger partial charge is 0.390 e. The van der Waals surface area contributed by atoms with Crippen LogP contribution in [0.3, 0.4) is 0 Å². The minimum Gasteiger partial charge on any atom is -0.315 e. The van der Waals surface area contributed by atoms with Gasteiger partial charge in [0.1, 0.15) is 0 Å². The van der Waals surface area contributed by atoms with E-state index in [9.17, 15) is 13.2 Å². The lowest BCUT2D eigenvalue weighted by atomic mass is 10.2. The molecule has 1 atom stereocenters. The first-order chi connectivity index (χ1) is 5.58. The maximum atomic E-state index is 11.7. The molecule has 72 valence electrons. The van der Waals surface area contributed by atoms with Gasteiger partial charge in [-0.15, -0.1) is 0 Å². The number of halogens is 3. The molecule has 1 rings (SSSR count). The van der Waals surface area contributed by atoms with Crippen molar-refractivity contribution in [3.05, 3.63) is 0 Å². The molecule has 0 spiro atoms. The number of hydrogen-bond acceptors (Lipinski definition) is 2. The van der Waals surface area contributed by atoms with Gasteiger partial charge in [0.25, 0.3) is 0 Å². The lowest BCUT2D eigenvalue weighted by molar-refractivity contribution is -0.133. The van der Waals surface area contributed by atoms with Gasteiger partial charge in [-0.1, -0.05) is 0 Å². The SMILES string of the molecule is FC(F)(F)CCNC1CCNC1. The van der Waals surface area contributed by atoms with Gasteiger partial charge in [-0.3, -0.25) is 0 Å². The van der Waals surface area contributed by atoms with Crippen LogP contribution < -0.4 is 10.6 Å². The third-order valence-electron chi connectivity index (χ3n) is 1.90. The summed E-state index contributed by atoms with van der Waals surface area (Å²) in [4.78, 5) is 0. The molecule has 0 aromatic heterocycles. The van der Waals surface area contributed by atoms with Crippen molar-refractivity contribution in [2.75, 3.05) is 19.6 Å². The lowest BCUT2D eigenvalue weighted by Crippen LogP contribution is -2.33. The summed E-state index contributed by atoms with van der Waals surface area (Å²) in [6.45, 7) is 1.73. The Morgan fingerprint density at radius 1 is 1.42 bits per heavy atom. The normalized spacial score (nSPS) is 24.8. The van der Waals surface area contributed by atoms with Gasteiger partial charge in [0.05, 0.1) is 6.42 Å². The Morgan fingerprint density at radius 2 is 2.17 bits per heavy atom. The van der Waals surface area contributed by atoms with E-state index in [4.69, 9.17) is 0 Å². The fraction of sp³-hybridized carbons (Fsp3) is 1.00. The van der Waals surface area contributed by atoms with Gasteiger partial charge in [0.15, 0.2) is 0 Å². The minimum atomic E-state index is -4.03. The highest BCUT2D eigenvalue weighted by Crippen LogP contribution is 2.18. The number of nitrogens with one attached hydrogen (secondary N) is 2. The average molecular weight is 182 g/mol. The van der Waals surface area contributed by atoms with Crippen LogP contribution in [0.1, 0.15) is 12.8 Å². The molecule has 12 heavy (non-hydrogen) atoms. The van der Waals surface area contributed by atoms with Crippen LogP contribution in [0, 0.1) is 0 Å². The van der Waals surface area contributed by atoms with Gasteiger partial charge in [-0.25, -0.2) is 0 Å². The molecule has 1 heterocycles. The minimum absolute atomic E-state index is 0.0375. The number of rotatable bonds is 3. The van der Waals surface area contributed by atoms with Crippen LogP contribution in [0.4, 0.5) is 13.2 Å². The van der Waals surface area contributed by atoms with Crippen LogP contribution in [-0.4, -0.2) is 31.9 Å². The topological polar surface area (TPSA) is 24.1 Å². The standard InChI is InChI=1S/C7H13F3N2/c8-7(9,10)2-4-12-6-1-3-11-5-6/h6,11-12H,1-5H2. The van der Waals surface area contributed by atoms with E-state index in [0.29, 0.717) is 0 Å². The van der Waals surface area contributed by atoms with Gasteiger partial charge < -0.3 is 10.6 Å². The highest BCUT2D eigenvalue weighted by atomic mass is 19.4. The van der Waals surface area contributed by atoms with Crippen molar-refractivity contribution in [1.29, 1.82) is 0 Å². The van der Waals surface area contributed by atoms with Crippen LogP contribution >= 0.6 is 0 Å². The molecule has 0 amide bonds. The Morgan fingerprint density at radius 3 is 2.67 bits per heavy atom. The molecule has 0 bridgehead atoms. The molecule has 2 N–H and O–H groups in total. The van der Waals surface area contributed by atoms with Gasteiger partial charge in [0, 0.05) is 19.1 Å². The summed E-state index contributed by atoms with van der Waals surface area (Å²) in [5.74, 6) is 0. The van der Waals surface area contributed by atoms with E-state index in [2.05, 4.69) is 10.6 Å². The third-order valence-corrected chi connectivity index (χ3v) is 1.90. The fourth-order valence-electron chi connectivity index (χ4n) is 1.25. The Balaban J connectivity index is 2.02. The van der Waals surface area contributed by atoms with Crippen LogP contribution in [0.5, 0.6) is 0 Å². The van der Waals surface area contributed by atoms with Gasteiger partial charge in [0.2, 0.25) is 0 Å². The zero-order valence-electron chi connectivity index (χ0n) is 6.75. The van der Waals surface area contributed by atoms with E-state index < -0.39 is 12.6 Å². The first-order valence-corrected chi connectivity index (χ1v) is 4.09. The smallest absolute Gasteiger partial charge is 0.315 e. The third kappa shape index (κ3) is 3.92. The highest BCUT2D eigenvalue weighted by Gasteiger charge is 2.26. The average Bonchev–Trinajstić information content (AvgIpc) is 2.36. The van der Waals surface area contributed by atoms with Crippen molar-refractivity contribution in [3.8, 4) is 0 Å². The number of alkyl halides is 3. The quantitative estimate of drug-likeness (QED) is 0.677. The molecule has 5 heteroatoms. The van der Waals surface area contributed by atoms with E-state index in [-0.39, 0.29) is 12.6 Å². The van der Waals surface area contributed by atoms with Crippen LogP contribution in [0.2, 0.25) is 0 Å². The predicted octanol–water partition coefficient (Wildman–Crippen LogP) is 0.890. The summed E-state index contributed by atoms with van der Waals surface area (Å²) in [7, 11) is 0. The molecule has 1 aliphatic rings. The first-order valence-electron chi connectivity index (χ1n) is 4.09. The highest BCUT2D eigenvalue weighted by molar-refractivity contribution is 4.77. The van der Waals surface area contributed by atoms with Crippen molar-refractivity contribution < 1.29 is 13.2 Å². The summed E-state index contributed by atoms with van der Waals surface area (Å²) in [5, 5.41) is 5.93. The molecular formula is C7H13F3N2. The molecule has 0 aromatic carbocycles. The van der Waals surface area contributed by atoms with Crippen molar-refractivity contribution in [3.63, 3.8) is 0 Å². The molecule has 0 radical (unpaired) electrons. The monoisotopic (exact) mass is 182 g/mol. The second-order valence-corrected chi connectivity index (χ2v) is 3.01. The summed E-state index contributed by atoms with van der Waals surface area (Å²) < 4.78 is 35.0. The molecule has 0 saturated carbocycles. The number of hydrogen-bond donors (Lipinski definition) is 2. The first kappa shape index (κ1) is 9.80. The van der Waals surface area contributed by atoms with Crippen LogP contribution in [0.15, 0.2) is 0 Å². The van der Waals surface area contributed by atoms with Gasteiger partial charge in [-0.05, 0) is 13.0 Å². The second kappa shape index (κ2) is 4.09. The molecule has 1 aliphatic heterocycles. The molecule has 1 unspecified atom stereocenters. The van der Waals surface area contributed by atoms with Crippen LogP contribution in [0.25, 0.3) is 0 Å². The zero-order valence-corrected chi connectivity index (χ0v) is 6.75. The lowest BCUT2D eigenvalue weighted by Gasteiger charge is -2.11. The van der Waals surface area contributed by atoms with E-state index in [1.807, 2.05) is 0 Å². The Hall–Kier alpha value is -0.290. The van der Waals surface area contributed by atoms with Crippen molar-refractivity contribution in [2.24, 2.45) is 0 Å². The van der Waals surface area contributed by atoms with Gasteiger partial charge in [-0.2, -0.15) is 13.2 Å². The van der Waals surface area contributed by atoms with Crippen molar-refractivity contribution >= 4 is 0 Å². The Kier molecular flexibility index (Phi) is 3.34. The maximum absolute atomic E-state index is 11.7. The van der Waals surface area contributed by atoms with E-state index in [0.717, 1.165) is 19.5 Å². The summed E-state index contributed by atoms with van der Waals surface area (Å²) >= 11 is 0. The maximum Gasteiger partial charge on any atom is 0.390 e. The van der Waals surface area contributed by atoms with E-state index in [1.165, 1.54) is 0 Å². The summed E-state index contributed by atoms with van der Waals surface area (Å²) in [5.41, 5.74) is 0. The molecule has 0 aliphatic carbocycles. The van der Waals surface area contributed by atoms with Crippen molar-refractivity contribution in [2.45, 2.75) is 25.1 Å². The van der Waals surface area contributed by atoms with Crippen molar-refractivity contribution in [1.82, 2.24) is 10.6 Å². The van der Waals surface area contributed by atoms with E-state index in [1.54, 1.807) is 0 Å². The van der Waals surface area contributed by atoms with E-state index >= 15 is 0 Å². The fourth-order valence-corrected chi connectivity index (χ4v) is 1.25. The van der Waals surface area contributed by atoms with Crippen LogP contribution in [-0.2, 0) is 0 Å². The molecular weight excluding hydrogens is 169 g/mol. The predicted molar refractivity (Wildman–Crippen MR) is 39.9 cm³/mol. The second-order valence-electron chi connectivity index (χ2n) is 3.01. The zero-order chi connectivity index (χ0) is 9.03. The Labute approximate surface area is 69.5 Å². The summed E-state index contributed by atoms with van der Waals surface area (Å²) in [6.07, 6.45) is -3.83. The molecule has 1 saturated heterocycles. The van der Waals surface area contributed by atoms with Gasteiger partial charge >= 0.3 is 6.18 Å². The summed E-state index contributed by atoms with van der Waals surface area (Å²) in [6, 6.07) is 0.229. The molecule has 2 nitrogen and oxygen atoms in total.